The second kappa shape index (κ2) is 13.0. The van der Waals surface area contributed by atoms with Crippen LogP contribution in [0.2, 0.25) is 0 Å². The number of nitrogens with zero attached hydrogens (tertiary/aromatic N) is 4. The van der Waals surface area contributed by atoms with E-state index >= 15 is 0 Å². The van der Waals surface area contributed by atoms with Crippen LogP contribution in [0.25, 0.3) is 5.69 Å². The summed E-state index contributed by atoms with van der Waals surface area (Å²) in [7, 11) is 3.20. The van der Waals surface area contributed by atoms with Gasteiger partial charge in [0.2, 0.25) is 0 Å². The molecule has 0 saturated carbocycles. The van der Waals surface area contributed by atoms with Crippen LogP contribution in [0.3, 0.4) is 0 Å². The highest BCUT2D eigenvalue weighted by atomic mass is 16.5. The third-order valence-corrected chi connectivity index (χ3v) is 6.63. The van der Waals surface area contributed by atoms with Crippen LogP contribution >= 0.6 is 0 Å². The molecule has 1 unspecified atom stereocenters. The van der Waals surface area contributed by atoms with Crippen molar-refractivity contribution in [1.82, 2.24) is 19.6 Å². The molecule has 0 fully saturated rings. The lowest BCUT2D eigenvalue weighted by Crippen LogP contribution is -2.19. The molecule has 2 aromatic heterocycles. The first kappa shape index (κ1) is 27.0. The van der Waals surface area contributed by atoms with Gasteiger partial charge in [0.15, 0.2) is 5.75 Å². The minimum Gasteiger partial charge on any atom is -0.491 e. The fourth-order valence-electron chi connectivity index (χ4n) is 4.57. The minimum absolute atomic E-state index is 0.0181. The second-order valence-corrected chi connectivity index (χ2v) is 9.13. The number of aliphatic hydroxyl groups is 1. The van der Waals surface area contributed by atoms with Crippen molar-refractivity contribution in [1.29, 1.82) is 0 Å². The average Bonchev–Trinajstić information content (AvgIpc) is 3.41. The number of aryl methyl sites for hydroxylation is 1. The van der Waals surface area contributed by atoms with Crippen molar-refractivity contribution in [2.24, 2.45) is 5.92 Å². The van der Waals surface area contributed by atoms with Crippen molar-refractivity contribution < 1.29 is 14.6 Å². The van der Waals surface area contributed by atoms with Crippen LogP contribution < -0.4 is 10.3 Å². The van der Waals surface area contributed by atoms with Gasteiger partial charge in [-0.2, -0.15) is 0 Å². The van der Waals surface area contributed by atoms with Gasteiger partial charge < -0.3 is 14.6 Å². The van der Waals surface area contributed by atoms with E-state index in [4.69, 9.17) is 9.47 Å². The third-order valence-electron chi connectivity index (χ3n) is 6.63. The van der Waals surface area contributed by atoms with Gasteiger partial charge in [-0.15, -0.1) is 5.10 Å². The smallest absolute Gasteiger partial charge is 0.297 e. The molecular weight excluding hydrogens is 480 g/mol. The third kappa shape index (κ3) is 6.27. The molecular formula is C30H34N4O4. The SMILES string of the molecule is COc1cccn(-c2ccc([C@@H](OC)[C@H](C)/C=C/CCn3cc(C(CO)c4ccccc4)nn3)cc2)c1=O. The number of methoxy groups -OCH3 is 2. The lowest BCUT2D eigenvalue weighted by molar-refractivity contribution is 0.0740. The number of allylic oxidation sites excluding steroid dienone is 1. The number of benzene rings is 2. The van der Waals surface area contributed by atoms with Gasteiger partial charge in [-0.05, 0) is 41.8 Å². The van der Waals surface area contributed by atoms with Crippen molar-refractivity contribution in [2.45, 2.75) is 31.9 Å². The number of hydrogen-bond acceptors (Lipinski definition) is 6. The summed E-state index contributed by atoms with van der Waals surface area (Å²) in [6, 6.07) is 21.1. The largest absolute Gasteiger partial charge is 0.491 e. The molecule has 0 aliphatic heterocycles. The van der Waals surface area contributed by atoms with E-state index < -0.39 is 0 Å². The Labute approximate surface area is 222 Å². The van der Waals surface area contributed by atoms with Crippen LogP contribution in [0, 0.1) is 5.92 Å². The van der Waals surface area contributed by atoms with E-state index in [2.05, 4.69) is 29.4 Å². The summed E-state index contributed by atoms with van der Waals surface area (Å²) in [6.07, 6.45) is 8.56. The molecule has 38 heavy (non-hydrogen) atoms. The van der Waals surface area contributed by atoms with Gasteiger partial charge in [-0.25, -0.2) is 0 Å². The predicted octanol–water partition coefficient (Wildman–Crippen LogP) is 4.53. The molecule has 4 rings (SSSR count). The first-order valence-corrected chi connectivity index (χ1v) is 12.7. The summed E-state index contributed by atoms with van der Waals surface area (Å²) in [5, 5.41) is 18.4. The Kier molecular flexibility index (Phi) is 9.24. The van der Waals surface area contributed by atoms with E-state index in [1.165, 1.54) is 7.11 Å². The summed E-state index contributed by atoms with van der Waals surface area (Å²) < 4.78 is 14.3. The molecule has 0 amide bonds. The van der Waals surface area contributed by atoms with E-state index in [1.807, 2.05) is 65.5 Å². The van der Waals surface area contributed by atoms with E-state index in [9.17, 15) is 9.90 Å². The van der Waals surface area contributed by atoms with Gasteiger partial charge in [-0.3, -0.25) is 14.0 Å². The maximum atomic E-state index is 12.5. The molecule has 2 aromatic carbocycles. The molecule has 4 aromatic rings. The van der Waals surface area contributed by atoms with Gasteiger partial charge in [0, 0.05) is 37.7 Å². The van der Waals surface area contributed by atoms with Gasteiger partial charge in [-0.1, -0.05) is 66.8 Å². The van der Waals surface area contributed by atoms with Crippen molar-refractivity contribution in [3.05, 3.63) is 118 Å². The molecule has 3 atom stereocenters. The molecule has 0 aliphatic rings. The summed E-state index contributed by atoms with van der Waals surface area (Å²) in [4.78, 5) is 12.5. The molecule has 8 nitrogen and oxygen atoms in total. The van der Waals surface area contributed by atoms with E-state index in [0.717, 1.165) is 28.9 Å². The van der Waals surface area contributed by atoms with Crippen molar-refractivity contribution >= 4 is 0 Å². The monoisotopic (exact) mass is 514 g/mol. The maximum absolute atomic E-state index is 12.5. The van der Waals surface area contributed by atoms with Crippen LogP contribution in [0.4, 0.5) is 0 Å². The Morgan fingerprint density at radius 2 is 1.76 bits per heavy atom. The van der Waals surface area contributed by atoms with Crippen LogP contribution in [0.15, 0.2) is 96.1 Å². The second-order valence-electron chi connectivity index (χ2n) is 9.13. The van der Waals surface area contributed by atoms with E-state index in [0.29, 0.717) is 12.3 Å². The molecule has 0 spiro atoms. The molecule has 0 saturated heterocycles. The molecule has 0 bridgehead atoms. The molecule has 0 aliphatic carbocycles. The lowest BCUT2D eigenvalue weighted by atomic mass is 9.96. The van der Waals surface area contributed by atoms with Crippen LogP contribution in [-0.2, 0) is 11.3 Å². The van der Waals surface area contributed by atoms with Crippen molar-refractivity contribution in [3.63, 3.8) is 0 Å². The van der Waals surface area contributed by atoms with Crippen LogP contribution in [0.1, 0.15) is 42.2 Å². The van der Waals surface area contributed by atoms with Crippen LogP contribution in [-0.4, -0.2) is 45.5 Å². The number of pyridine rings is 1. The summed E-state index contributed by atoms with van der Waals surface area (Å²) in [5.74, 6) is 0.252. The highest BCUT2D eigenvalue weighted by molar-refractivity contribution is 5.37. The topological polar surface area (TPSA) is 91.4 Å². The summed E-state index contributed by atoms with van der Waals surface area (Å²) >= 11 is 0. The zero-order valence-corrected chi connectivity index (χ0v) is 22.0. The first-order valence-electron chi connectivity index (χ1n) is 12.7. The Morgan fingerprint density at radius 1 is 1.00 bits per heavy atom. The Morgan fingerprint density at radius 3 is 2.45 bits per heavy atom. The van der Waals surface area contributed by atoms with Crippen molar-refractivity contribution in [3.8, 4) is 11.4 Å². The standard InChI is InChI=1S/C30H34N4O4/c1-22(10-7-8-18-33-20-27(31-32-33)26(21-35)23-11-5-4-6-12-23)29(38-3)24-14-16-25(17-15-24)34-19-9-13-28(37-2)30(34)36/h4-7,9-17,19-20,22,26,29,35H,8,18,21H2,1-3H3/b10-7+/t22-,26?,29+/m1/s1. The highest BCUT2D eigenvalue weighted by Gasteiger charge is 2.18. The minimum atomic E-state index is -0.200. The Bertz CT molecular complexity index is 1380. The average molecular weight is 515 g/mol. The van der Waals surface area contributed by atoms with Gasteiger partial charge in [0.25, 0.3) is 5.56 Å². The predicted molar refractivity (Wildman–Crippen MR) is 147 cm³/mol. The highest BCUT2D eigenvalue weighted by Crippen LogP contribution is 2.27. The summed E-state index contributed by atoms with van der Waals surface area (Å²) in [5.41, 5.74) is 3.37. The number of aromatic nitrogens is 4. The fourth-order valence-corrected chi connectivity index (χ4v) is 4.57. The van der Waals surface area contributed by atoms with Crippen LogP contribution in [0.5, 0.6) is 5.75 Å². The van der Waals surface area contributed by atoms with Gasteiger partial charge in [0.05, 0.1) is 31.4 Å². The van der Waals surface area contributed by atoms with E-state index in [-0.39, 0.29) is 30.1 Å². The lowest BCUT2D eigenvalue weighted by Gasteiger charge is -2.21. The zero-order chi connectivity index (χ0) is 26.9. The van der Waals surface area contributed by atoms with Gasteiger partial charge >= 0.3 is 0 Å². The van der Waals surface area contributed by atoms with Crippen molar-refractivity contribution in [2.75, 3.05) is 20.8 Å². The first-order chi connectivity index (χ1) is 18.5. The number of aliphatic hydroxyl groups excluding tert-OH is 1. The quantitative estimate of drug-likeness (QED) is 0.279. The Balaban J connectivity index is 1.36. The summed E-state index contributed by atoms with van der Waals surface area (Å²) in [6.45, 7) is 2.78. The number of rotatable bonds is 12. The zero-order valence-electron chi connectivity index (χ0n) is 22.0. The maximum Gasteiger partial charge on any atom is 0.297 e. The van der Waals surface area contributed by atoms with E-state index in [1.54, 1.807) is 30.0 Å². The fraction of sp³-hybridized carbons (Fsp3) is 0.300. The molecule has 2 heterocycles. The number of hydrogen-bond donors (Lipinski definition) is 1. The number of ether oxygens (including phenoxy) is 2. The molecule has 1 N–H and O–H groups in total. The molecule has 8 heteroatoms. The Hall–Kier alpha value is -4.01. The van der Waals surface area contributed by atoms with Gasteiger partial charge in [0.1, 0.15) is 0 Å². The molecule has 0 radical (unpaired) electrons. The molecule has 198 valence electrons. The normalized spacial score (nSPS) is 13.9.